The Morgan fingerprint density at radius 2 is 2.15 bits per heavy atom. The second kappa shape index (κ2) is 5.75. The number of rotatable bonds is 4. The van der Waals surface area contributed by atoms with Crippen LogP contribution in [0.3, 0.4) is 0 Å². The van der Waals surface area contributed by atoms with Gasteiger partial charge in [0.2, 0.25) is 11.7 Å². The Balaban J connectivity index is 1.85. The topological polar surface area (TPSA) is 51.0 Å². The van der Waals surface area contributed by atoms with Crippen LogP contribution in [-0.2, 0) is 0 Å². The predicted octanol–water partition coefficient (Wildman–Crippen LogP) is 3.29. The SMILES string of the molecule is CCNC1CCCC1c1nc(-c2ccccc2C)no1. The maximum absolute atomic E-state index is 5.53. The first-order valence-electron chi connectivity index (χ1n) is 7.42. The van der Waals surface area contributed by atoms with Crippen molar-refractivity contribution in [3.05, 3.63) is 35.7 Å². The van der Waals surface area contributed by atoms with Crippen molar-refractivity contribution in [2.24, 2.45) is 0 Å². The molecule has 0 radical (unpaired) electrons. The minimum Gasteiger partial charge on any atom is -0.339 e. The molecule has 0 amide bonds. The van der Waals surface area contributed by atoms with Crippen molar-refractivity contribution in [2.45, 2.75) is 45.1 Å². The Hall–Kier alpha value is -1.68. The predicted molar refractivity (Wildman–Crippen MR) is 78.5 cm³/mol. The van der Waals surface area contributed by atoms with Gasteiger partial charge in [0.1, 0.15) is 0 Å². The normalized spacial score (nSPS) is 22.3. The molecule has 1 N–H and O–H groups in total. The van der Waals surface area contributed by atoms with E-state index in [-0.39, 0.29) is 0 Å². The summed E-state index contributed by atoms with van der Waals surface area (Å²) < 4.78 is 5.53. The van der Waals surface area contributed by atoms with Gasteiger partial charge >= 0.3 is 0 Å². The number of nitrogens with one attached hydrogen (secondary N) is 1. The van der Waals surface area contributed by atoms with E-state index in [0.29, 0.717) is 17.8 Å². The van der Waals surface area contributed by atoms with Crippen molar-refractivity contribution in [2.75, 3.05) is 6.54 Å². The second-order valence-corrected chi connectivity index (χ2v) is 5.47. The van der Waals surface area contributed by atoms with E-state index in [1.165, 1.54) is 18.4 Å². The number of likely N-dealkylation sites (N-methyl/N-ethyl adjacent to an activating group) is 1. The van der Waals surface area contributed by atoms with Crippen LogP contribution < -0.4 is 5.32 Å². The lowest BCUT2D eigenvalue weighted by atomic mass is 10.0. The van der Waals surface area contributed by atoms with Gasteiger partial charge < -0.3 is 9.84 Å². The van der Waals surface area contributed by atoms with E-state index in [4.69, 9.17) is 4.52 Å². The molecule has 1 aromatic carbocycles. The van der Waals surface area contributed by atoms with Crippen molar-refractivity contribution in [1.82, 2.24) is 15.5 Å². The van der Waals surface area contributed by atoms with Gasteiger partial charge in [0.25, 0.3) is 0 Å². The van der Waals surface area contributed by atoms with Gasteiger partial charge in [0.05, 0.1) is 5.92 Å². The summed E-state index contributed by atoms with van der Waals surface area (Å²) >= 11 is 0. The molecule has 2 unspecified atom stereocenters. The highest BCUT2D eigenvalue weighted by atomic mass is 16.5. The van der Waals surface area contributed by atoms with Crippen molar-refractivity contribution < 1.29 is 4.52 Å². The number of aryl methyl sites for hydroxylation is 1. The van der Waals surface area contributed by atoms with Crippen LogP contribution in [0.2, 0.25) is 0 Å². The number of hydrogen-bond acceptors (Lipinski definition) is 4. The number of hydrogen-bond donors (Lipinski definition) is 1. The van der Waals surface area contributed by atoms with E-state index in [1.54, 1.807) is 0 Å². The highest BCUT2D eigenvalue weighted by Gasteiger charge is 2.32. The van der Waals surface area contributed by atoms with Crippen molar-refractivity contribution >= 4 is 0 Å². The molecule has 0 bridgehead atoms. The number of nitrogens with zero attached hydrogens (tertiary/aromatic N) is 2. The van der Waals surface area contributed by atoms with Gasteiger partial charge in [-0.1, -0.05) is 42.8 Å². The molecule has 4 heteroatoms. The summed E-state index contributed by atoms with van der Waals surface area (Å²) in [4.78, 5) is 4.64. The van der Waals surface area contributed by atoms with Gasteiger partial charge in [-0.05, 0) is 31.9 Å². The summed E-state index contributed by atoms with van der Waals surface area (Å²) in [5.41, 5.74) is 2.23. The third kappa shape index (κ3) is 2.48. The molecular formula is C16H21N3O. The molecular weight excluding hydrogens is 250 g/mol. The number of benzene rings is 1. The lowest BCUT2D eigenvalue weighted by Gasteiger charge is -2.16. The first kappa shape index (κ1) is 13.3. The van der Waals surface area contributed by atoms with Crippen LogP contribution >= 0.6 is 0 Å². The summed E-state index contributed by atoms with van der Waals surface area (Å²) in [5.74, 6) is 1.85. The van der Waals surface area contributed by atoms with Crippen molar-refractivity contribution in [3.8, 4) is 11.4 Å². The zero-order chi connectivity index (χ0) is 13.9. The smallest absolute Gasteiger partial charge is 0.231 e. The largest absolute Gasteiger partial charge is 0.339 e. The standard InChI is InChI=1S/C16H21N3O/c1-3-17-14-10-6-9-13(14)16-18-15(19-20-16)12-8-5-4-7-11(12)2/h4-5,7-8,13-14,17H,3,6,9-10H2,1-2H3. The monoisotopic (exact) mass is 271 g/mol. The van der Waals surface area contributed by atoms with Crippen LogP contribution in [0.15, 0.2) is 28.8 Å². The Kier molecular flexibility index (Phi) is 3.83. The second-order valence-electron chi connectivity index (χ2n) is 5.47. The first-order chi connectivity index (χ1) is 9.79. The lowest BCUT2D eigenvalue weighted by molar-refractivity contribution is 0.332. The average molecular weight is 271 g/mol. The van der Waals surface area contributed by atoms with Crippen LogP contribution in [0.5, 0.6) is 0 Å². The van der Waals surface area contributed by atoms with E-state index in [1.807, 2.05) is 18.2 Å². The molecule has 1 aliphatic carbocycles. The molecule has 0 saturated heterocycles. The van der Waals surface area contributed by atoms with Gasteiger partial charge in [-0.15, -0.1) is 0 Å². The highest BCUT2D eigenvalue weighted by molar-refractivity contribution is 5.59. The summed E-state index contributed by atoms with van der Waals surface area (Å²) in [6.07, 6.45) is 3.55. The van der Waals surface area contributed by atoms with Crippen LogP contribution in [0.25, 0.3) is 11.4 Å². The van der Waals surface area contributed by atoms with Gasteiger partial charge in [-0.3, -0.25) is 0 Å². The summed E-state index contributed by atoms with van der Waals surface area (Å²) in [7, 11) is 0. The zero-order valence-electron chi connectivity index (χ0n) is 12.1. The Labute approximate surface area is 119 Å². The maximum Gasteiger partial charge on any atom is 0.231 e. The molecule has 20 heavy (non-hydrogen) atoms. The fourth-order valence-corrected chi connectivity index (χ4v) is 3.08. The van der Waals surface area contributed by atoms with E-state index < -0.39 is 0 Å². The third-order valence-corrected chi connectivity index (χ3v) is 4.13. The fraction of sp³-hybridized carbons (Fsp3) is 0.500. The maximum atomic E-state index is 5.53. The minimum atomic E-state index is 0.361. The molecule has 1 aromatic heterocycles. The Morgan fingerprint density at radius 3 is 2.95 bits per heavy atom. The molecule has 1 aliphatic rings. The summed E-state index contributed by atoms with van der Waals surface area (Å²) in [6.45, 7) is 5.20. The molecule has 0 aliphatic heterocycles. The van der Waals surface area contributed by atoms with Crippen LogP contribution in [0.4, 0.5) is 0 Å². The van der Waals surface area contributed by atoms with Crippen LogP contribution in [0, 0.1) is 6.92 Å². The highest BCUT2D eigenvalue weighted by Crippen LogP contribution is 2.34. The van der Waals surface area contributed by atoms with E-state index >= 15 is 0 Å². The van der Waals surface area contributed by atoms with Crippen LogP contribution in [0.1, 0.15) is 43.6 Å². The molecule has 2 atom stereocenters. The van der Waals surface area contributed by atoms with E-state index in [2.05, 4.69) is 35.4 Å². The number of aromatic nitrogens is 2. The van der Waals surface area contributed by atoms with Gasteiger partial charge in [0, 0.05) is 11.6 Å². The molecule has 1 heterocycles. The van der Waals surface area contributed by atoms with Crippen LogP contribution in [-0.4, -0.2) is 22.7 Å². The van der Waals surface area contributed by atoms with E-state index in [0.717, 1.165) is 24.4 Å². The Bertz CT molecular complexity index is 579. The average Bonchev–Trinajstić information content (AvgIpc) is 3.08. The van der Waals surface area contributed by atoms with Crippen molar-refractivity contribution in [3.63, 3.8) is 0 Å². The lowest BCUT2D eigenvalue weighted by Crippen LogP contribution is -2.31. The summed E-state index contributed by atoms with van der Waals surface area (Å²) in [5, 5.41) is 7.70. The third-order valence-electron chi connectivity index (χ3n) is 4.13. The van der Waals surface area contributed by atoms with Crippen molar-refractivity contribution in [1.29, 1.82) is 0 Å². The summed E-state index contributed by atoms with van der Waals surface area (Å²) in [6, 6.07) is 8.63. The molecule has 0 spiro atoms. The van der Waals surface area contributed by atoms with Gasteiger partial charge in [-0.25, -0.2) is 0 Å². The molecule has 1 fully saturated rings. The first-order valence-corrected chi connectivity index (χ1v) is 7.42. The Morgan fingerprint density at radius 1 is 1.30 bits per heavy atom. The molecule has 106 valence electrons. The minimum absolute atomic E-state index is 0.361. The molecule has 1 saturated carbocycles. The zero-order valence-corrected chi connectivity index (χ0v) is 12.1. The molecule has 4 nitrogen and oxygen atoms in total. The quantitative estimate of drug-likeness (QED) is 0.927. The molecule has 3 rings (SSSR count). The van der Waals surface area contributed by atoms with Gasteiger partial charge in [-0.2, -0.15) is 4.98 Å². The van der Waals surface area contributed by atoms with Gasteiger partial charge in [0.15, 0.2) is 0 Å². The van der Waals surface area contributed by atoms with E-state index in [9.17, 15) is 0 Å². The molecule has 2 aromatic rings. The fourth-order valence-electron chi connectivity index (χ4n) is 3.08.